The number of hydrogen-bond acceptors (Lipinski definition) is 4. The van der Waals surface area contributed by atoms with Crippen LogP contribution >= 0.6 is 0 Å². The Labute approximate surface area is 74.9 Å². The van der Waals surface area contributed by atoms with Crippen LogP contribution in [0.3, 0.4) is 0 Å². The summed E-state index contributed by atoms with van der Waals surface area (Å²) in [5.74, 6) is -2.26. The zero-order valence-electron chi connectivity index (χ0n) is 7.20. The van der Waals surface area contributed by atoms with Crippen LogP contribution in [0.2, 0.25) is 0 Å². The van der Waals surface area contributed by atoms with E-state index < -0.39 is 24.3 Å². The first-order chi connectivity index (χ1) is 6.06. The van der Waals surface area contributed by atoms with Gasteiger partial charge >= 0.3 is 11.9 Å². The second-order valence-corrected chi connectivity index (χ2v) is 2.25. The van der Waals surface area contributed by atoms with E-state index in [1.807, 2.05) is 0 Å². The van der Waals surface area contributed by atoms with Gasteiger partial charge in [0.15, 0.2) is 0 Å². The molecule has 13 heavy (non-hydrogen) atoms. The quantitative estimate of drug-likeness (QED) is 0.433. The maximum absolute atomic E-state index is 10.7. The molecule has 74 valence electrons. The summed E-state index contributed by atoms with van der Waals surface area (Å²) in [7, 11) is 1.24. The third-order valence-corrected chi connectivity index (χ3v) is 1.19. The Morgan fingerprint density at radius 2 is 2.00 bits per heavy atom. The average Bonchev–Trinajstić information content (AvgIpc) is 2.02. The molecular formula is C7H11NO5. The van der Waals surface area contributed by atoms with Crippen LogP contribution in [0.5, 0.6) is 0 Å². The molecule has 0 unspecified atom stereocenters. The van der Waals surface area contributed by atoms with Gasteiger partial charge in [-0.05, 0) is 0 Å². The third-order valence-electron chi connectivity index (χ3n) is 1.19. The molecule has 0 atom stereocenters. The van der Waals surface area contributed by atoms with Gasteiger partial charge in [0.1, 0.15) is 6.42 Å². The number of carbonyl (C=O) groups is 3. The number of esters is 1. The molecule has 0 aromatic carbocycles. The maximum atomic E-state index is 10.7. The van der Waals surface area contributed by atoms with E-state index in [2.05, 4.69) is 10.1 Å². The van der Waals surface area contributed by atoms with Gasteiger partial charge in [0.25, 0.3) is 0 Å². The van der Waals surface area contributed by atoms with Crippen molar-refractivity contribution < 1.29 is 24.2 Å². The molecule has 0 spiro atoms. The van der Waals surface area contributed by atoms with Crippen LogP contribution in [0.1, 0.15) is 12.8 Å². The van der Waals surface area contributed by atoms with E-state index >= 15 is 0 Å². The van der Waals surface area contributed by atoms with Gasteiger partial charge in [-0.3, -0.25) is 14.4 Å². The van der Waals surface area contributed by atoms with Gasteiger partial charge in [0.2, 0.25) is 5.91 Å². The van der Waals surface area contributed by atoms with E-state index in [4.69, 9.17) is 5.11 Å². The van der Waals surface area contributed by atoms with Crippen molar-refractivity contribution in [2.24, 2.45) is 0 Å². The monoisotopic (exact) mass is 189 g/mol. The van der Waals surface area contributed by atoms with E-state index in [9.17, 15) is 14.4 Å². The first-order valence-corrected chi connectivity index (χ1v) is 3.61. The van der Waals surface area contributed by atoms with E-state index in [0.717, 1.165) is 0 Å². The molecule has 0 aromatic heterocycles. The van der Waals surface area contributed by atoms with Gasteiger partial charge in [-0.1, -0.05) is 0 Å². The molecule has 0 saturated heterocycles. The second kappa shape index (κ2) is 5.99. The SMILES string of the molecule is COC(=O)CCNC(=O)CC(=O)O. The van der Waals surface area contributed by atoms with Crippen LogP contribution in [0.15, 0.2) is 0 Å². The molecule has 6 heteroatoms. The first kappa shape index (κ1) is 11.4. The molecule has 0 aliphatic carbocycles. The maximum Gasteiger partial charge on any atom is 0.312 e. The van der Waals surface area contributed by atoms with Crippen molar-refractivity contribution in [3.8, 4) is 0 Å². The number of hydrogen-bond donors (Lipinski definition) is 2. The number of nitrogens with one attached hydrogen (secondary N) is 1. The van der Waals surface area contributed by atoms with Crippen molar-refractivity contribution in [2.75, 3.05) is 13.7 Å². The molecule has 1 amide bonds. The standard InChI is InChI=1S/C7H11NO5/c1-13-7(12)2-3-8-5(9)4-6(10)11/h2-4H2,1H3,(H,8,9)(H,10,11). The largest absolute Gasteiger partial charge is 0.481 e. The molecule has 0 rings (SSSR count). The highest BCUT2D eigenvalue weighted by Crippen LogP contribution is 1.83. The van der Waals surface area contributed by atoms with Crippen LogP contribution in [0.25, 0.3) is 0 Å². The smallest absolute Gasteiger partial charge is 0.312 e. The highest BCUT2D eigenvalue weighted by molar-refractivity contribution is 5.93. The highest BCUT2D eigenvalue weighted by atomic mass is 16.5. The minimum Gasteiger partial charge on any atom is -0.481 e. The number of methoxy groups -OCH3 is 1. The molecular weight excluding hydrogens is 178 g/mol. The lowest BCUT2D eigenvalue weighted by Gasteiger charge is -2.01. The summed E-state index contributed by atoms with van der Waals surface area (Å²) in [5, 5.41) is 10.4. The zero-order valence-corrected chi connectivity index (χ0v) is 7.20. The number of ether oxygens (including phenoxy) is 1. The van der Waals surface area contributed by atoms with E-state index in [0.29, 0.717) is 0 Å². The summed E-state index contributed by atoms with van der Waals surface area (Å²) in [6.07, 6.45) is -0.539. The van der Waals surface area contributed by atoms with Crippen molar-refractivity contribution in [2.45, 2.75) is 12.8 Å². The number of aliphatic carboxylic acids is 1. The molecule has 0 aliphatic heterocycles. The molecule has 0 aliphatic rings. The summed E-state index contributed by atoms with van der Waals surface area (Å²) in [5.41, 5.74) is 0. The van der Waals surface area contributed by atoms with Gasteiger partial charge in [-0.25, -0.2) is 0 Å². The number of rotatable bonds is 5. The van der Waals surface area contributed by atoms with Crippen molar-refractivity contribution in [1.29, 1.82) is 0 Å². The second-order valence-electron chi connectivity index (χ2n) is 2.25. The summed E-state index contributed by atoms with van der Waals surface area (Å²) in [4.78, 5) is 31.2. The molecule has 2 N–H and O–H groups in total. The highest BCUT2D eigenvalue weighted by Gasteiger charge is 2.07. The fraction of sp³-hybridized carbons (Fsp3) is 0.571. The fourth-order valence-corrected chi connectivity index (χ4v) is 0.606. The molecule has 0 aromatic rings. The van der Waals surface area contributed by atoms with Gasteiger partial charge in [-0.2, -0.15) is 0 Å². The van der Waals surface area contributed by atoms with Gasteiger partial charge in [0, 0.05) is 6.54 Å². The van der Waals surface area contributed by atoms with Crippen molar-refractivity contribution in [1.82, 2.24) is 5.32 Å². The van der Waals surface area contributed by atoms with E-state index in [1.165, 1.54) is 7.11 Å². The Morgan fingerprint density at radius 1 is 1.38 bits per heavy atom. The lowest BCUT2D eigenvalue weighted by atomic mass is 10.4. The Hall–Kier alpha value is -1.59. The Bertz CT molecular complexity index is 213. The predicted octanol–water partition coefficient (Wildman–Crippen LogP) is -0.860. The first-order valence-electron chi connectivity index (χ1n) is 3.61. The Kier molecular flexibility index (Phi) is 5.25. The number of carboxylic acids is 1. The summed E-state index contributed by atoms with van der Waals surface area (Å²) < 4.78 is 4.31. The minimum atomic E-state index is -1.20. The van der Waals surface area contributed by atoms with E-state index in [1.54, 1.807) is 0 Å². The lowest BCUT2D eigenvalue weighted by molar-refractivity contribution is -0.140. The summed E-state index contributed by atoms with van der Waals surface area (Å²) >= 11 is 0. The number of carboxylic acid groups (broad SMARTS) is 1. The molecule has 0 radical (unpaired) electrons. The molecule has 0 heterocycles. The fourth-order valence-electron chi connectivity index (χ4n) is 0.606. The minimum absolute atomic E-state index is 0.0435. The molecule has 0 bridgehead atoms. The Morgan fingerprint density at radius 3 is 2.46 bits per heavy atom. The Balaban J connectivity index is 3.48. The topological polar surface area (TPSA) is 92.7 Å². The lowest BCUT2D eigenvalue weighted by Crippen LogP contribution is -2.28. The van der Waals surface area contributed by atoms with Crippen LogP contribution in [0, 0.1) is 0 Å². The van der Waals surface area contributed by atoms with Gasteiger partial charge in [0.05, 0.1) is 13.5 Å². The number of carbonyl (C=O) groups excluding carboxylic acids is 2. The molecule has 6 nitrogen and oxygen atoms in total. The van der Waals surface area contributed by atoms with E-state index in [-0.39, 0.29) is 13.0 Å². The van der Waals surface area contributed by atoms with Gasteiger partial charge in [-0.15, -0.1) is 0 Å². The normalized spacial score (nSPS) is 9.00. The summed E-state index contributed by atoms with van der Waals surface area (Å²) in [6, 6.07) is 0. The number of amides is 1. The summed E-state index contributed by atoms with van der Waals surface area (Å²) in [6.45, 7) is 0.0960. The van der Waals surface area contributed by atoms with Crippen LogP contribution in [0.4, 0.5) is 0 Å². The van der Waals surface area contributed by atoms with Gasteiger partial charge < -0.3 is 15.2 Å². The van der Waals surface area contributed by atoms with Crippen molar-refractivity contribution >= 4 is 17.8 Å². The van der Waals surface area contributed by atoms with Crippen LogP contribution < -0.4 is 5.32 Å². The van der Waals surface area contributed by atoms with Crippen molar-refractivity contribution in [3.63, 3.8) is 0 Å². The zero-order chi connectivity index (χ0) is 10.3. The van der Waals surface area contributed by atoms with Crippen LogP contribution in [-0.4, -0.2) is 36.6 Å². The molecule has 0 fully saturated rings. The average molecular weight is 189 g/mol. The predicted molar refractivity (Wildman–Crippen MR) is 41.9 cm³/mol. The van der Waals surface area contributed by atoms with Crippen LogP contribution in [-0.2, 0) is 19.1 Å². The molecule has 0 saturated carbocycles. The third kappa shape index (κ3) is 6.79. The van der Waals surface area contributed by atoms with Crippen molar-refractivity contribution in [3.05, 3.63) is 0 Å².